The highest BCUT2D eigenvalue weighted by molar-refractivity contribution is 5.37. The monoisotopic (exact) mass is 260 g/mol. The summed E-state index contributed by atoms with van der Waals surface area (Å²) in [6.45, 7) is 1.15. The maximum absolute atomic E-state index is 6.65. The van der Waals surface area contributed by atoms with Crippen molar-refractivity contribution in [2.24, 2.45) is 5.73 Å². The highest BCUT2D eigenvalue weighted by atomic mass is 16.5. The largest absolute Gasteiger partial charge is 0.497 e. The lowest BCUT2D eigenvalue weighted by molar-refractivity contribution is 0.0469. The van der Waals surface area contributed by atoms with Crippen LogP contribution < -0.4 is 10.5 Å². The maximum atomic E-state index is 6.65. The predicted molar refractivity (Wildman–Crippen MR) is 77.5 cm³/mol. The molecule has 19 heavy (non-hydrogen) atoms. The van der Waals surface area contributed by atoms with Crippen molar-refractivity contribution in [3.05, 3.63) is 29.8 Å². The minimum absolute atomic E-state index is 0.157. The highest BCUT2D eigenvalue weighted by Crippen LogP contribution is 2.46. The molecule has 0 radical (unpaired) electrons. The molecule has 3 unspecified atom stereocenters. The van der Waals surface area contributed by atoms with Gasteiger partial charge in [0.25, 0.3) is 0 Å². The summed E-state index contributed by atoms with van der Waals surface area (Å²) in [6.07, 6.45) is 4.89. The van der Waals surface area contributed by atoms with Crippen molar-refractivity contribution < 1.29 is 4.74 Å². The van der Waals surface area contributed by atoms with Gasteiger partial charge in [-0.2, -0.15) is 0 Å². The average molecular weight is 260 g/mol. The minimum atomic E-state index is 0.157. The Morgan fingerprint density at radius 2 is 2.21 bits per heavy atom. The van der Waals surface area contributed by atoms with Gasteiger partial charge >= 0.3 is 0 Å². The molecule has 104 valence electrons. The molecule has 0 spiro atoms. The number of likely N-dealkylation sites (tertiary alicyclic amines) is 1. The molecule has 0 aromatic heterocycles. The molecule has 3 nitrogen and oxygen atoms in total. The molecule has 1 heterocycles. The number of ether oxygens (including phenoxy) is 1. The van der Waals surface area contributed by atoms with Gasteiger partial charge in [-0.1, -0.05) is 18.6 Å². The second kappa shape index (κ2) is 4.80. The summed E-state index contributed by atoms with van der Waals surface area (Å²) in [5.41, 5.74) is 8.18. The van der Waals surface area contributed by atoms with Crippen LogP contribution in [0.1, 0.15) is 31.2 Å². The summed E-state index contributed by atoms with van der Waals surface area (Å²) in [5, 5.41) is 0. The molecule has 2 aliphatic rings. The SMILES string of the molecule is COc1cccc(C23CCCC(C2N)N(C)CC3)c1. The van der Waals surface area contributed by atoms with Crippen LogP contribution in [0.15, 0.2) is 24.3 Å². The van der Waals surface area contributed by atoms with Gasteiger partial charge in [-0.15, -0.1) is 0 Å². The van der Waals surface area contributed by atoms with Crippen LogP contribution in [0.4, 0.5) is 0 Å². The normalized spacial score (nSPS) is 35.1. The zero-order chi connectivity index (χ0) is 13.5. The molecule has 3 rings (SSSR count). The molecular formula is C16H24N2O. The van der Waals surface area contributed by atoms with E-state index in [2.05, 4.69) is 30.1 Å². The van der Waals surface area contributed by atoms with Crippen LogP contribution in [0.3, 0.4) is 0 Å². The van der Waals surface area contributed by atoms with E-state index >= 15 is 0 Å². The van der Waals surface area contributed by atoms with Gasteiger partial charge in [0.15, 0.2) is 0 Å². The van der Waals surface area contributed by atoms with Gasteiger partial charge in [-0.3, -0.25) is 0 Å². The van der Waals surface area contributed by atoms with E-state index in [9.17, 15) is 0 Å². The summed E-state index contributed by atoms with van der Waals surface area (Å²) >= 11 is 0. The van der Waals surface area contributed by atoms with Crippen LogP contribution in [0.5, 0.6) is 5.75 Å². The zero-order valence-corrected chi connectivity index (χ0v) is 11.9. The van der Waals surface area contributed by atoms with Crippen molar-refractivity contribution in [3.8, 4) is 5.75 Å². The number of benzene rings is 1. The molecule has 1 aliphatic heterocycles. The van der Waals surface area contributed by atoms with Gasteiger partial charge in [0.05, 0.1) is 7.11 Å². The molecular weight excluding hydrogens is 236 g/mol. The maximum Gasteiger partial charge on any atom is 0.119 e. The fraction of sp³-hybridized carbons (Fsp3) is 0.625. The summed E-state index contributed by atoms with van der Waals surface area (Å²) < 4.78 is 5.39. The molecule has 1 saturated carbocycles. The van der Waals surface area contributed by atoms with Crippen LogP contribution >= 0.6 is 0 Å². The van der Waals surface area contributed by atoms with Crippen molar-refractivity contribution in [3.63, 3.8) is 0 Å². The molecule has 1 aliphatic carbocycles. The highest BCUT2D eigenvalue weighted by Gasteiger charge is 2.49. The lowest BCUT2D eigenvalue weighted by Gasteiger charge is -2.54. The average Bonchev–Trinajstić information content (AvgIpc) is 2.44. The Morgan fingerprint density at radius 1 is 1.37 bits per heavy atom. The second-order valence-electron chi connectivity index (χ2n) is 6.10. The fourth-order valence-electron chi connectivity index (χ4n) is 4.08. The van der Waals surface area contributed by atoms with E-state index in [1.54, 1.807) is 7.11 Å². The molecule has 3 heteroatoms. The van der Waals surface area contributed by atoms with Crippen molar-refractivity contribution in [1.82, 2.24) is 4.90 Å². The van der Waals surface area contributed by atoms with Crippen molar-refractivity contribution in [2.75, 3.05) is 20.7 Å². The number of rotatable bonds is 2. The summed E-state index contributed by atoms with van der Waals surface area (Å²) in [5.74, 6) is 0.945. The number of hydrogen-bond acceptors (Lipinski definition) is 3. The Balaban J connectivity index is 2.00. The number of likely N-dealkylation sites (N-methyl/N-ethyl adjacent to an activating group) is 1. The summed E-state index contributed by atoms with van der Waals surface area (Å²) in [4.78, 5) is 2.45. The Kier molecular flexibility index (Phi) is 3.27. The lowest BCUT2D eigenvalue weighted by Crippen LogP contribution is -2.64. The van der Waals surface area contributed by atoms with E-state index in [0.29, 0.717) is 6.04 Å². The van der Waals surface area contributed by atoms with Gasteiger partial charge in [-0.25, -0.2) is 0 Å². The third-order valence-electron chi connectivity index (χ3n) is 5.30. The zero-order valence-electron chi connectivity index (χ0n) is 11.9. The number of hydrogen-bond donors (Lipinski definition) is 1. The summed E-state index contributed by atoms with van der Waals surface area (Å²) in [6, 6.07) is 9.31. The molecule has 1 aromatic rings. The predicted octanol–water partition coefficient (Wildman–Crippen LogP) is 2.15. The van der Waals surface area contributed by atoms with E-state index < -0.39 is 0 Å². The van der Waals surface area contributed by atoms with Crippen molar-refractivity contribution >= 4 is 0 Å². The van der Waals surface area contributed by atoms with E-state index in [4.69, 9.17) is 10.5 Å². The smallest absolute Gasteiger partial charge is 0.119 e. The van der Waals surface area contributed by atoms with Gasteiger partial charge in [0.1, 0.15) is 5.75 Å². The second-order valence-corrected chi connectivity index (χ2v) is 6.10. The van der Waals surface area contributed by atoms with Crippen molar-refractivity contribution in [2.45, 2.75) is 43.2 Å². The van der Waals surface area contributed by atoms with Gasteiger partial charge < -0.3 is 15.4 Å². The quantitative estimate of drug-likeness (QED) is 0.885. The first kappa shape index (κ1) is 12.9. The first-order valence-corrected chi connectivity index (χ1v) is 7.28. The van der Waals surface area contributed by atoms with Crippen LogP contribution in [0.2, 0.25) is 0 Å². The Labute approximate surface area is 115 Å². The van der Waals surface area contributed by atoms with Crippen LogP contribution in [0.25, 0.3) is 0 Å². The number of methoxy groups -OCH3 is 1. The first-order valence-electron chi connectivity index (χ1n) is 7.28. The minimum Gasteiger partial charge on any atom is -0.497 e. The topological polar surface area (TPSA) is 38.5 Å². The molecule has 2 N–H and O–H groups in total. The fourth-order valence-corrected chi connectivity index (χ4v) is 4.08. The number of nitrogens with two attached hydrogens (primary N) is 1. The molecule has 3 atom stereocenters. The lowest BCUT2D eigenvalue weighted by atomic mass is 9.60. The number of piperidine rings is 1. The number of nitrogens with zero attached hydrogens (tertiary/aromatic N) is 1. The van der Waals surface area contributed by atoms with E-state index in [-0.39, 0.29) is 11.5 Å². The molecule has 1 saturated heterocycles. The molecule has 0 amide bonds. The van der Waals surface area contributed by atoms with E-state index in [0.717, 1.165) is 18.7 Å². The van der Waals surface area contributed by atoms with Crippen molar-refractivity contribution in [1.29, 1.82) is 0 Å². The van der Waals surface area contributed by atoms with Gasteiger partial charge in [-0.05, 0) is 50.6 Å². The van der Waals surface area contributed by atoms with Gasteiger partial charge in [0, 0.05) is 17.5 Å². The third-order valence-corrected chi connectivity index (χ3v) is 5.30. The van der Waals surface area contributed by atoms with Crippen LogP contribution in [-0.4, -0.2) is 37.7 Å². The van der Waals surface area contributed by atoms with Gasteiger partial charge in [0.2, 0.25) is 0 Å². The first-order chi connectivity index (χ1) is 9.17. The van der Waals surface area contributed by atoms with E-state index in [1.807, 2.05) is 6.07 Å². The Bertz CT molecular complexity index is 462. The standard InChI is InChI=1S/C16H24N2O/c1-18-10-9-16(8-4-7-14(18)15(16)17)12-5-3-6-13(11-12)19-2/h3,5-6,11,14-15H,4,7-10,17H2,1-2H3. The molecule has 2 bridgehead atoms. The Morgan fingerprint density at radius 3 is 3.00 bits per heavy atom. The molecule has 1 aromatic carbocycles. The third kappa shape index (κ3) is 1.96. The van der Waals surface area contributed by atoms with Crippen LogP contribution in [0, 0.1) is 0 Å². The molecule has 2 fully saturated rings. The van der Waals surface area contributed by atoms with Crippen LogP contribution in [-0.2, 0) is 5.41 Å². The Hall–Kier alpha value is -1.06. The van der Waals surface area contributed by atoms with E-state index in [1.165, 1.54) is 24.8 Å². The summed E-state index contributed by atoms with van der Waals surface area (Å²) in [7, 11) is 3.94. The number of fused-ring (bicyclic) bond motifs is 2.